The van der Waals surface area contributed by atoms with Crippen molar-refractivity contribution in [3.05, 3.63) is 30.1 Å². The molecule has 2 unspecified atom stereocenters. The SMILES string of the molecule is CCC1CCCC(C(=O)CSc2cccc(F)c2)C1. The van der Waals surface area contributed by atoms with Gasteiger partial charge < -0.3 is 0 Å². The topological polar surface area (TPSA) is 17.1 Å². The van der Waals surface area contributed by atoms with Crippen LogP contribution in [0.2, 0.25) is 0 Å². The number of Topliss-reactive ketones (excluding diaryl/α,β-unsaturated/α-hetero) is 1. The van der Waals surface area contributed by atoms with Crippen molar-refractivity contribution in [2.75, 3.05) is 5.75 Å². The highest BCUT2D eigenvalue weighted by atomic mass is 32.2. The highest BCUT2D eigenvalue weighted by molar-refractivity contribution is 8.00. The fourth-order valence-electron chi connectivity index (χ4n) is 2.78. The zero-order chi connectivity index (χ0) is 13.7. The summed E-state index contributed by atoms with van der Waals surface area (Å²) in [7, 11) is 0. The van der Waals surface area contributed by atoms with E-state index in [9.17, 15) is 9.18 Å². The van der Waals surface area contributed by atoms with Crippen LogP contribution in [0.3, 0.4) is 0 Å². The van der Waals surface area contributed by atoms with E-state index in [2.05, 4.69) is 6.92 Å². The average Bonchev–Trinajstić information content (AvgIpc) is 2.45. The maximum Gasteiger partial charge on any atom is 0.146 e. The first-order chi connectivity index (χ1) is 9.19. The number of benzene rings is 1. The molecule has 1 aliphatic rings. The van der Waals surface area contributed by atoms with Crippen LogP contribution in [0, 0.1) is 17.7 Å². The Morgan fingerprint density at radius 3 is 3.00 bits per heavy atom. The summed E-state index contributed by atoms with van der Waals surface area (Å²) in [5, 5.41) is 0. The Labute approximate surface area is 119 Å². The molecule has 19 heavy (non-hydrogen) atoms. The molecular formula is C16H21FOS. The standard InChI is InChI=1S/C16H21FOS/c1-2-12-5-3-6-13(9-12)16(18)11-19-15-8-4-7-14(17)10-15/h4,7-8,10,12-13H,2-3,5-6,9,11H2,1H3. The van der Waals surface area contributed by atoms with E-state index in [1.165, 1.54) is 43.2 Å². The molecule has 0 N–H and O–H groups in total. The van der Waals surface area contributed by atoms with Gasteiger partial charge in [0.05, 0.1) is 5.75 Å². The van der Waals surface area contributed by atoms with Crippen LogP contribution in [0.5, 0.6) is 0 Å². The molecule has 2 rings (SSSR count). The molecule has 0 amide bonds. The Morgan fingerprint density at radius 2 is 2.26 bits per heavy atom. The molecule has 1 fully saturated rings. The predicted octanol–water partition coefficient (Wildman–Crippen LogP) is 4.70. The van der Waals surface area contributed by atoms with Gasteiger partial charge in [0.15, 0.2) is 0 Å². The molecular weight excluding hydrogens is 259 g/mol. The monoisotopic (exact) mass is 280 g/mol. The van der Waals surface area contributed by atoms with Gasteiger partial charge in [-0.05, 0) is 37.0 Å². The predicted molar refractivity (Wildman–Crippen MR) is 77.9 cm³/mol. The molecule has 1 nitrogen and oxygen atoms in total. The number of halogens is 1. The van der Waals surface area contributed by atoms with Gasteiger partial charge in [0.1, 0.15) is 11.6 Å². The van der Waals surface area contributed by atoms with Crippen molar-refractivity contribution < 1.29 is 9.18 Å². The first kappa shape index (κ1) is 14.6. The van der Waals surface area contributed by atoms with Crippen LogP contribution in [-0.2, 0) is 4.79 Å². The normalized spacial score (nSPS) is 23.3. The number of ketones is 1. The maximum atomic E-state index is 13.0. The Hall–Kier alpha value is -0.830. The molecule has 1 aromatic rings. The minimum atomic E-state index is -0.235. The third-order valence-electron chi connectivity index (χ3n) is 3.99. The molecule has 0 radical (unpaired) electrons. The number of hydrogen-bond acceptors (Lipinski definition) is 2. The highest BCUT2D eigenvalue weighted by Gasteiger charge is 2.25. The van der Waals surface area contributed by atoms with Gasteiger partial charge in [0, 0.05) is 10.8 Å². The second kappa shape index (κ2) is 7.09. The second-order valence-corrected chi connectivity index (χ2v) is 6.40. The lowest BCUT2D eigenvalue weighted by atomic mass is 9.78. The molecule has 0 saturated heterocycles. The lowest BCUT2D eigenvalue weighted by molar-refractivity contribution is -0.121. The van der Waals surface area contributed by atoms with Gasteiger partial charge in [-0.3, -0.25) is 4.79 Å². The van der Waals surface area contributed by atoms with Crippen molar-refractivity contribution in [3.8, 4) is 0 Å². The van der Waals surface area contributed by atoms with Crippen molar-refractivity contribution in [1.29, 1.82) is 0 Å². The summed E-state index contributed by atoms with van der Waals surface area (Å²) in [6.45, 7) is 2.21. The number of hydrogen-bond donors (Lipinski definition) is 0. The largest absolute Gasteiger partial charge is 0.298 e. The fraction of sp³-hybridized carbons (Fsp3) is 0.562. The number of carbonyl (C=O) groups excluding carboxylic acids is 1. The molecule has 1 saturated carbocycles. The molecule has 0 spiro atoms. The molecule has 2 atom stereocenters. The molecule has 3 heteroatoms. The van der Waals surface area contributed by atoms with E-state index in [4.69, 9.17) is 0 Å². The van der Waals surface area contributed by atoms with Gasteiger partial charge >= 0.3 is 0 Å². The summed E-state index contributed by atoms with van der Waals surface area (Å²) in [6.07, 6.45) is 5.73. The van der Waals surface area contributed by atoms with E-state index in [0.29, 0.717) is 11.5 Å². The summed E-state index contributed by atoms with van der Waals surface area (Å²) in [5.41, 5.74) is 0. The molecule has 0 heterocycles. The third kappa shape index (κ3) is 4.34. The van der Waals surface area contributed by atoms with Gasteiger partial charge in [-0.25, -0.2) is 4.39 Å². The molecule has 0 bridgehead atoms. The van der Waals surface area contributed by atoms with Crippen molar-refractivity contribution in [1.82, 2.24) is 0 Å². The third-order valence-corrected chi connectivity index (χ3v) is 5.01. The zero-order valence-corrected chi connectivity index (χ0v) is 12.2. The maximum absolute atomic E-state index is 13.0. The minimum absolute atomic E-state index is 0.235. The average molecular weight is 280 g/mol. The van der Waals surface area contributed by atoms with Crippen molar-refractivity contribution in [3.63, 3.8) is 0 Å². The van der Waals surface area contributed by atoms with Gasteiger partial charge in [-0.1, -0.05) is 32.3 Å². The first-order valence-corrected chi connectivity index (χ1v) is 8.08. The van der Waals surface area contributed by atoms with E-state index in [-0.39, 0.29) is 11.7 Å². The summed E-state index contributed by atoms with van der Waals surface area (Å²) >= 11 is 1.46. The number of rotatable bonds is 5. The van der Waals surface area contributed by atoms with Crippen LogP contribution in [0.4, 0.5) is 4.39 Å². The first-order valence-electron chi connectivity index (χ1n) is 7.10. The number of thioether (sulfide) groups is 1. The van der Waals surface area contributed by atoms with Crippen LogP contribution in [0.15, 0.2) is 29.2 Å². The van der Waals surface area contributed by atoms with Gasteiger partial charge in [0.25, 0.3) is 0 Å². The lowest BCUT2D eigenvalue weighted by Crippen LogP contribution is -2.24. The van der Waals surface area contributed by atoms with Crippen LogP contribution in [0.1, 0.15) is 39.0 Å². The molecule has 1 aromatic carbocycles. The minimum Gasteiger partial charge on any atom is -0.298 e. The summed E-state index contributed by atoms with van der Waals surface area (Å²) in [6, 6.07) is 6.47. The zero-order valence-electron chi connectivity index (χ0n) is 11.4. The molecule has 104 valence electrons. The van der Waals surface area contributed by atoms with Gasteiger partial charge in [0.2, 0.25) is 0 Å². The summed E-state index contributed by atoms with van der Waals surface area (Å²) in [5.74, 6) is 1.54. The summed E-state index contributed by atoms with van der Waals surface area (Å²) in [4.78, 5) is 13.0. The van der Waals surface area contributed by atoms with E-state index in [0.717, 1.165) is 23.7 Å². The quantitative estimate of drug-likeness (QED) is 0.727. The highest BCUT2D eigenvalue weighted by Crippen LogP contribution is 2.32. The Balaban J connectivity index is 1.84. The molecule has 1 aliphatic carbocycles. The van der Waals surface area contributed by atoms with Gasteiger partial charge in [-0.2, -0.15) is 0 Å². The van der Waals surface area contributed by atoms with Crippen molar-refractivity contribution >= 4 is 17.5 Å². The second-order valence-electron chi connectivity index (χ2n) is 5.35. The fourth-order valence-corrected chi connectivity index (χ4v) is 3.70. The van der Waals surface area contributed by atoms with Crippen LogP contribution < -0.4 is 0 Å². The van der Waals surface area contributed by atoms with Gasteiger partial charge in [-0.15, -0.1) is 11.8 Å². The molecule has 0 aromatic heterocycles. The number of carbonyl (C=O) groups is 1. The van der Waals surface area contributed by atoms with Crippen molar-refractivity contribution in [2.45, 2.75) is 43.9 Å². The van der Waals surface area contributed by atoms with Crippen LogP contribution in [0.25, 0.3) is 0 Å². The Kier molecular flexibility index (Phi) is 5.44. The van der Waals surface area contributed by atoms with E-state index >= 15 is 0 Å². The van der Waals surface area contributed by atoms with E-state index in [1.807, 2.05) is 6.07 Å². The van der Waals surface area contributed by atoms with Crippen LogP contribution >= 0.6 is 11.8 Å². The smallest absolute Gasteiger partial charge is 0.146 e. The lowest BCUT2D eigenvalue weighted by Gasteiger charge is -2.27. The van der Waals surface area contributed by atoms with E-state index < -0.39 is 0 Å². The Morgan fingerprint density at radius 1 is 1.42 bits per heavy atom. The van der Waals surface area contributed by atoms with Crippen LogP contribution in [-0.4, -0.2) is 11.5 Å². The van der Waals surface area contributed by atoms with Crippen molar-refractivity contribution in [2.24, 2.45) is 11.8 Å². The van der Waals surface area contributed by atoms with E-state index in [1.54, 1.807) is 6.07 Å². The summed E-state index contributed by atoms with van der Waals surface area (Å²) < 4.78 is 13.0. The molecule has 0 aliphatic heterocycles. The Bertz CT molecular complexity index is 433.